The van der Waals surface area contributed by atoms with E-state index in [-0.39, 0.29) is 6.79 Å². The molecule has 126 valence electrons. The lowest BCUT2D eigenvalue weighted by molar-refractivity contribution is 0.174. The molecule has 0 bridgehead atoms. The molecule has 2 heterocycles. The maximum absolute atomic E-state index is 5.99. The summed E-state index contributed by atoms with van der Waals surface area (Å²) in [6, 6.07) is 13.1. The van der Waals surface area contributed by atoms with Gasteiger partial charge in [-0.15, -0.1) is 0 Å². The van der Waals surface area contributed by atoms with Gasteiger partial charge in [0.25, 0.3) is 0 Å². The van der Waals surface area contributed by atoms with E-state index in [4.69, 9.17) is 21.1 Å². The minimum Gasteiger partial charge on any atom is -0.454 e. The van der Waals surface area contributed by atoms with E-state index in [0.717, 1.165) is 22.7 Å². The average Bonchev–Trinajstić information content (AvgIpc) is 3.05. The number of aromatic nitrogens is 2. The topological polar surface area (TPSA) is 68.3 Å². The zero-order chi connectivity index (χ0) is 17.2. The molecule has 0 amide bonds. The first-order chi connectivity index (χ1) is 12.2. The molecule has 1 aliphatic rings. The fraction of sp³-hybridized carbons (Fsp3) is 0.111. The van der Waals surface area contributed by atoms with E-state index in [2.05, 4.69) is 20.6 Å². The van der Waals surface area contributed by atoms with Crippen molar-refractivity contribution in [1.82, 2.24) is 9.97 Å². The first-order valence-electron chi connectivity index (χ1n) is 7.70. The number of benzene rings is 2. The van der Waals surface area contributed by atoms with Crippen LogP contribution in [0.3, 0.4) is 0 Å². The number of fused-ring (bicyclic) bond motifs is 1. The van der Waals surface area contributed by atoms with Gasteiger partial charge in [-0.25, -0.2) is 4.98 Å². The Morgan fingerprint density at radius 2 is 1.88 bits per heavy atom. The average molecular weight is 355 g/mol. The summed E-state index contributed by atoms with van der Waals surface area (Å²) in [7, 11) is 0. The molecule has 0 spiro atoms. The van der Waals surface area contributed by atoms with Gasteiger partial charge in [-0.05, 0) is 48.9 Å². The van der Waals surface area contributed by atoms with E-state index in [0.29, 0.717) is 22.5 Å². The van der Waals surface area contributed by atoms with Crippen LogP contribution >= 0.6 is 11.6 Å². The standard InChI is InChI=1S/C18H15ClN4O2/c1-11-8-12(19)2-4-14(11)22-18-20-7-6-17(23-18)21-13-3-5-15-16(9-13)25-10-24-15/h2-9H,10H2,1H3,(H2,20,21,22,23). The lowest BCUT2D eigenvalue weighted by atomic mass is 10.2. The molecule has 0 fully saturated rings. The molecule has 3 aromatic rings. The molecule has 1 aromatic heterocycles. The van der Waals surface area contributed by atoms with Crippen molar-refractivity contribution in [3.63, 3.8) is 0 Å². The number of hydrogen-bond acceptors (Lipinski definition) is 6. The summed E-state index contributed by atoms with van der Waals surface area (Å²) in [6.45, 7) is 2.23. The molecule has 1 aliphatic heterocycles. The van der Waals surface area contributed by atoms with Gasteiger partial charge < -0.3 is 20.1 Å². The van der Waals surface area contributed by atoms with Gasteiger partial charge in [-0.3, -0.25) is 0 Å². The molecule has 0 aliphatic carbocycles. The summed E-state index contributed by atoms with van der Waals surface area (Å²) in [5.41, 5.74) is 2.78. The summed E-state index contributed by atoms with van der Waals surface area (Å²) in [5.74, 6) is 2.63. The van der Waals surface area contributed by atoms with Crippen molar-refractivity contribution in [2.45, 2.75) is 6.92 Å². The lowest BCUT2D eigenvalue weighted by Gasteiger charge is -2.10. The first-order valence-corrected chi connectivity index (χ1v) is 8.08. The number of ether oxygens (including phenoxy) is 2. The molecule has 0 radical (unpaired) electrons. The summed E-state index contributed by atoms with van der Waals surface area (Å²) < 4.78 is 10.7. The highest BCUT2D eigenvalue weighted by molar-refractivity contribution is 6.30. The molecule has 6 nitrogen and oxygen atoms in total. The molecule has 4 rings (SSSR count). The quantitative estimate of drug-likeness (QED) is 0.710. The normalized spacial score (nSPS) is 12.1. The Bertz CT molecular complexity index is 933. The number of nitrogens with one attached hydrogen (secondary N) is 2. The lowest BCUT2D eigenvalue weighted by Crippen LogP contribution is -2.01. The van der Waals surface area contributed by atoms with Crippen molar-refractivity contribution in [3.05, 3.63) is 59.2 Å². The highest BCUT2D eigenvalue weighted by Gasteiger charge is 2.13. The van der Waals surface area contributed by atoms with Crippen molar-refractivity contribution in [2.24, 2.45) is 0 Å². The second-order valence-corrected chi connectivity index (χ2v) is 5.98. The van der Waals surface area contributed by atoms with Gasteiger partial charge in [-0.1, -0.05) is 11.6 Å². The largest absolute Gasteiger partial charge is 0.454 e. The van der Waals surface area contributed by atoms with Crippen molar-refractivity contribution in [2.75, 3.05) is 17.4 Å². The SMILES string of the molecule is Cc1cc(Cl)ccc1Nc1nccc(Nc2ccc3c(c2)OCO3)n1. The summed E-state index contributed by atoms with van der Waals surface area (Å²) in [6.07, 6.45) is 1.69. The number of nitrogens with zero attached hydrogens (tertiary/aromatic N) is 2. The molecule has 2 N–H and O–H groups in total. The Hall–Kier alpha value is -2.99. The molecular formula is C18H15ClN4O2. The Morgan fingerprint density at radius 1 is 1.00 bits per heavy atom. The molecule has 0 atom stereocenters. The van der Waals surface area contributed by atoms with Crippen LogP contribution in [0, 0.1) is 6.92 Å². The van der Waals surface area contributed by atoms with Crippen LogP contribution in [0.4, 0.5) is 23.1 Å². The van der Waals surface area contributed by atoms with Crippen LogP contribution in [0.5, 0.6) is 11.5 Å². The maximum atomic E-state index is 5.99. The van der Waals surface area contributed by atoms with Crippen LogP contribution in [0.2, 0.25) is 5.02 Å². The van der Waals surface area contributed by atoms with E-state index in [1.165, 1.54) is 0 Å². The van der Waals surface area contributed by atoms with E-state index < -0.39 is 0 Å². The smallest absolute Gasteiger partial charge is 0.231 e. The van der Waals surface area contributed by atoms with Crippen molar-refractivity contribution >= 4 is 34.7 Å². The fourth-order valence-corrected chi connectivity index (χ4v) is 2.73. The number of aryl methyl sites for hydroxylation is 1. The molecule has 25 heavy (non-hydrogen) atoms. The van der Waals surface area contributed by atoms with E-state index in [1.807, 2.05) is 43.3 Å². The molecule has 7 heteroatoms. The molecule has 2 aromatic carbocycles. The second-order valence-electron chi connectivity index (χ2n) is 5.54. The van der Waals surface area contributed by atoms with Gasteiger partial charge in [0.15, 0.2) is 11.5 Å². The van der Waals surface area contributed by atoms with Gasteiger partial charge in [0.2, 0.25) is 12.7 Å². The van der Waals surface area contributed by atoms with Gasteiger partial charge in [0.05, 0.1) is 0 Å². The minimum atomic E-state index is 0.251. The number of anilines is 4. The highest BCUT2D eigenvalue weighted by Crippen LogP contribution is 2.35. The zero-order valence-electron chi connectivity index (χ0n) is 13.4. The van der Waals surface area contributed by atoms with Gasteiger partial charge in [0.1, 0.15) is 5.82 Å². The molecular weight excluding hydrogens is 340 g/mol. The Kier molecular flexibility index (Phi) is 4.03. The molecule has 0 unspecified atom stereocenters. The van der Waals surface area contributed by atoms with E-state index in [9.17, 15) is 0 Å². The van der Waals surface area contributed by atoms with Crippen LogP contribution in [0.1, 0.15) is 5.56 Å². The molecule has 0 saturated heterocycles. The fourth-order valence-electron chi connectivity index (χ4n) is 2.50. The zero-order valence-corrected chi connectivity index (χ0v) is 14.2. The predicted octanol–water partition coefficient (Wildman–Crippen LogP) is 4.65. The third kappa shape index (κ3) is 3.44. The summed E-state index contributed by atoms with van der Waals surface area (Å²) in [4.78, 5) is 8.74. The second kappa shape index (κ2) is 6.49. The molecule has 0 saturated carbocycles. The van der Waals surface area contributed by atoms with Crippen LogP contribution in [-0.4, -0.2) is 16.8 Å². The monoisotopic (exact) mass is 354 g/mol. The van der Waals surface area contributed by atoms with Crippen LogP contribution < -0.4 is 20.1 Å². The van der Waals surface area contributed by atoms with Gasteiger partial charge in [0, 0.05) is 28.7 Å². The number of rotatable bonds is 4. The highest BCUT2D eigenvalue weighted by atomic mass is 35.5. The van der Waals surface area contributed by atoms with Crippen LogP contribution in [0.15, 0.2) is 48.7 Å². The Labute approximate surface area is 149 Å². The number of hydrogen-bond donors (Lipinski definition) is 2. The Balaban J connectivity index is 1.53. The van der Waals surface area contributed by atoms with Crippen molar-refractivity contribution < 1.29 is 9.47 Å². The van der Waals surface area contributed by atoms with Crippen LogP contribution in [0.25, 0.3) is 0 Å². The predicted molar refractivity (Wildman–Crippen MR) is 97.4 cm³/mol. The third-order valence-electron chi connectivity index (χ3n) is 3.74. The van der Waals surface area contributed by atoms with Crippen molar-refractivity contribution in [1.29, 1.82) is 0 Å². The minimum absolute atomic E-state index is 0.251. The van der Waals surface area contributed by atoms with Crippen molar-refractivity contribution in [3.8, 4) is 11.5 Å². The summed E-state index contributed by atoms with van der Waals surface area (Å²) in [5, 5.41) is 7.13. The van der Waals surface area contributed by atoms with Gasteiger partial charge in [-0.2, -0.15) is 4.98 Å². The van der Waals surface area contributed by atoms with E-state index >= 15 is 0 Å². The van der Waals surface area contributed by atoms with Crippen LogP contribution in [-0.2, 0) is 0 Å². The van der Waals surface area contributed by atoms with Gasteiger partial charge >= 0.3 is 0 Å². The maximum Gasteiger partial charge on any atom is 0.231 e. The summed E-state index contributed by atoms with van der Waals surface area (Å²) >= 11 is 5.99. The first kappa shape index (κ1) is 15.5. The Morgan fingerprint density at radius 3 is 2.76 bits per heavy atom. The number of halogens is 1. The third-order valence-corrected chi connectivity index (χ3v) is 3.97. The van der Waals surface area contributed by atoms with E-state index in [1.54, 1.807) is 12.3 Å².